The Hall–Kier alpha value is -1.27. The molecule has 7 N–H and O–H groups in total. The van der Waals surface area contributed by atoms with Gasteiger partial charge in [0.05, 0.1) is 26.4 Å². The van der Waals surface area contributed by atoms with Crippen molar-refractivity contribution in [3.05, 3.63) is 12.2 Å². The van der Waals surface area contributed by atoms with Crippen molar-refractivity contribution in [2.24, 2.45) is 0 Å². The highest BCUT2D eigenvalue weighted by Crippen LogP contribution is 2.26. The molecule has 2 aliphatic rings. The first-order chi connectivity index (χ1) is 28.1. The van der Waals surface area contributed by atoms with Crippen LogP contribution in [-0.4, -0.2) is 142 Å². The monoisotopic (exact) mass is 835 g/mol. The minimum absolute atomic E-state index is 0.0629. The molecule has 0 saturated carbocycles. The van der Waals surface area contributed by atoms with Gasteiger partial charge in [0.25, 0.3) is 0 Å². The van der Waals surface area contributed by atoms with Crippen molar-refractivity contribution in [2.75, 3.05) is 33.0 Å². The van der Waals surface area contributed by atoms with E-state index in [-0.39, 0.29) is 25.6 Å². The van der Waals surface area contributed by atoms with Gasteiger partial charge in [-0.05, 0) is 38.5 Å². The van der Waals surface area contributed by atoms with Gasteiger partial charge in [-0.25, -0.2) is 0 Å². The van der Waals surface area contributed by atoms with Crippen LogP contribution in [0.25, 0.3) is 0 Å². The van der Waals surface area contributed by atoms with Crippen molar-refractivity contribution >= 4 is 5.97 Å². The standard InChI is InChI=1S/C44H82O14/c1-3-5-7-9-11-13-15-17-19-21-23-25-27-36(46)56-33(30-53-28-26-24-22-20-18-16-14-12-10-8-6-4-2)31-54-43-42(52)40(50)38(48)35(58-43)32-55-44-41(51)39(49)37(47)34(29-45)57-44/h11,13,33-35,37-45,47-52H,3-10,12,14-32H2,1-2H3/b13-11-. The normalized spacial score (nSPS) is 28.3. The van der Waals surface area contributed by atoms with Crippen LogP contribution in [0.15, 0.2) is 12.2 Å². The molecular weight excluding hydrogens is 752 g/mol. The van der Waals surface area contributed by atoms with E-state index in [0.717, 1.165) is 57.8 Å². The molecule has 0 radical (unpaired) electrons. The molecule has 0 aromatic heterocycles. The van der Waals surface area contributed by atoms with E-state index in [2.05, 4.69) is 26.0 Å². The summed E-state index contributed by atoms with van der Waals surface area (Å²) in [5.41, 5.74) is 0. The van der Waals surface area contributed by atoms with Gasteiger partial charge in [0, 0.05) is 13.0 Å². The summed E-state index contributed by atoms with van der Waals surface area (Å²) in [6.07, 6.45) is 14.2. The van der Waals surface area contributed by atoms with Crippen LogP contribution in [0.5, 0.6) is 0 Å². The fraction of sp³-hybridized carbons (Fsp3) is 0.932. The molecule has 0 spiro atoms. The molecule has 2 aliphatic heterocycles. The summed E-state index contributed by atoms with van der Waals surface area (Å²) >= 11 is 0. The zero-order valence-corrected chi connectivity index (χ0v) is 35.8. The maximum absolute atomic E-state index is 12.9. The molecule has 342 valence electrons. The molecule has 0 aromatic carbocycles. The summed E-state index contributed by atoms with van der Waals surface area (Å²) in [6, 6.07) is 0. The van der Waals surface area contributed by atoms with E-state index >= 15 is 0 Å². The van der Waals surface area contributed by atoms with E-state index in [1.807, 2.05) is 0 Å². The van der Waals surface area contributed by atoms with Crippen molar-refractivity contribution < 1.29 is 69.0 Å². The average molecular weight is 835 g/mol. The van der Waals surface area contributed by atoms with Crippen molar-refractivity contribution in [3.63, 3.8) is 0 Å². The fourth-order valence-electron chi connectivity index (χ4n) is 7.22. The highest BCUT2D eigenvalue weighted by atomic mass is 16.7. The lowest BCUT2D eigenvalue weighted by atomic mass is 9.98. The molecule has 0 aliphatic carbocycles. The minimum atomic E-state index is -1.70. The van der Waals surface area contributed by atoms with Crippen LogP contribution >= 0.6 is 0 Å². The summed E-state index contributed by atoms with van der Waals surface area (Å²) in [5, 5.41) is 71.8. The van der Waals surface area contributed by atoms with Gasteiger partial charge >= 0.3 is 5.97 Å². The molecule has 0 bridgehead atoms. The third-order valence-corrected chi connectivity index (χ3v) is 11.0. The van der Waals surface area contributed by atoms with Gasteiger partial charge in [0.1, 0.15) is 54.9 Å². The van der Waals surface area contributed by atoms with Crippen LogP contribution in [-0.2, 0) is 33.2 Å². The largest absolute Gasteiger partial charge is 0.457 e. The van der Waals surface area contributed by atoms with Crippen molar-refractivity contribution in [1.29, 1.82) is 0 Å². The molecule has 2 saturated heterocycles. The summed E-state index contributed by atoms with van der Waals surface area (Å²) in [4.78, 5) is 12.9. The number of aliphatic hydroxyl groups is 7. The first-order valence-electron chi connectivity index (χ1n) is 22.8. The molecular formula is C44H82O14. The second-order valence-electron chi connectivity index (χ2n) is 16.2. The molecule has 2 rings (SSSR count). The summed E-state index contributed by atoms with van der Waals surface area (Å²) in [5.74, 6) is -0.385. The van der Waals surface area contributed by atoms with E-state index < -0.39 is 80.7 Å². The van der Waals surface area contributed by atoms with Crippen LogP contribution in [0.4, 0.5) is 0 Å². The molecule has 11 unspecified atom stereocenters. The van der Waals surface area contributed by atoms with Gasteiger partial charge in [-0.2, -0.15) is 0 Å². The summed E-state index contributed by atoms with van der Waals surface area (Å²) in [7, 11) is 0. The Morgan fingerprint density at radius 2 is 1.02 bits per heavy atom. The lowest BCUT2D eigenvalue weighted by Crippen LogP contribution is -2.61. The maximum atomic E-state index is 12.9. The predicted octanol–water partition coefficient (Wildman–Crippen LogP) is 5.12. The quantitative estimate of drug-likeness (QED) is 0.0251. The SMILES string of the molecule is CCCCC/C=C\CCCCCCCC(=O)OC(COCCCCCCCCCCCCCC)COC1OC(COC2OC(CO)C(O)C(O)C2O)C(O)C(O)C1O. The lowest BCUT2D eigenvalue weighted by molar-refractivity contribution is -0.332. The topological polar surface area (TPSA) is 214 Å². The van der Waals surface area contributed by atoms with Crippen molar-refractivity contribution in [1.82, 2.24) is 0 Å². The third-order valence-electron chi connectivity index (χ3n) is 11.0. The molecule has 14 heteroatoms. The van der Waals surface area contributed by atoms with Gasteiger partial charge in [0.15, 0.2) is 12.6 Å². The summed E-state index contributed by atoms with van der Waals surface area (Å²) in [6.45, 7) is 3.65. The molecule has 11 atom stereocenters. The number of allylic oxidation sites excluding steroid dienone is 2. The molecule has 2 fully saturated rings. The first-order valence-corrected chi connectivity index (χ1v) is 22.8. The van der Waals surface area contributed by atoms with E-state index in [1.54, 1.807) is 0 Å². The van der Waals surface area contributed by atoms with E-state index in [4.69, 9.17) is 28.4 Å². The molecule has 2 heterocycles. The maximum Gasteiger partial charge on any atom is 0.306 e. The Labute approximate surface area is 348 Å². The Morgan fingerprint density at radius 3 is 1.60 bits per heavy atom. The second kappa shape index (κ2) is 33.4. The molecule has 58 heavy (non-hydrogen) atoms. The number of rotatable bonds is 35. The predicted molar refractivity (Wildman–Crippen MR) is 220 cm³/mol. The number of ether oxygens (including phenoxy) is 6. The third kappa shape index (κ3) is 22.0. The fourth-order valence-corrected chi connectivity index (χ4v) is 7.22. The minimum Gasteiger partial charge on any atom is -0.457 e. The Bertz CT molecular complexity index is 1020. The Balaban J connectivity index is 1.82. The second-order valence-corrected chi connectivity index (χ2v) is 16.2. The summed E-state index contributed by atoms with van der Waals surface area (Å²) < 4.78 is 34.1. The van der Waals surface area contributed by atoms with Gasteiger partial charge in [0.2, 0.25) is 0 Å². The van der Waals surface area contributed by atoms with E-state index in [0.29, 0.717) is 13.0 Å². The number of unbranched alkanes of at least 4 members (excludes halogenated alkanes) is 19. The van der Waals surface area contributed by atoms with Gasteiger partial charge in [-0.15, -0.1) is 0 Å². The Kier molecular flexibility index (Phi) is 30.4. The van der Waals surface area contributed by atoms with Gasteiger partial charge < -0.3 is 64.2 Å². The number of hydrogen-bond donors (Lipinski definition) is 7. The average Bonchev–Trinajstić information content (AvgIpc) is 3.22. The van der Waals surface area contributed by atoms with Crippen molar-refractivity contribution in [2.45, 2.75) is 229 Å². The van der Waals surface area contributed by atoms with Crippen LogP contribution in [0, 0.1) is 0 Å². The van der Waals surface area contributed by atoms with Crippen LogP contribution < -0.4 is 0 Å². The van der Waals surface area contributed by atoms with Crippen LogP contribution in [0.3, 0.4) is 0 Å². The van der Waals surface area contributed by atoms with E-state index in [9.17, 15) is 40.5 Å². The van der Waals surface area contributed by atoms with Crippen LogP contribution in [0.1, 0.15) is 162 Å². The number of aliphatic hydroxyl groups excluding tert-OH is 7. The molecule has 14 nitrogen and oxygen atoms in total. The smallest absolute Gasteiger partial charge is 0.306 e. The Morgan fingerprint density at radius 1 is 0.552 bits per heavy atom. The first kappa shape index (κ1) is 52.9. The lowest BCUT2D eigenvalue weighted by Gasteiger charge is -2.42. The molecule has 0 aromatic rings. The van der Waals surface area contributed by atoms with Crippen LogP contribution in [0.2, 0.25) is 0 Å². The van der Waals surface area contributed by atoms with Gasteiger partial charge in [-0.3, -0.25) is 4.79 Å². The van der Waals surface area contributed by atoms with Crippen molar-refractivity contribution in [3.8, 4) is 0 Å². The highest BCUT2D eigenvalue weighted by molar-refractivity contribution is 5.69. The van der Waals surface area contributed by atoms with Gasteiger partial charge in [-0.1, -0.05) is 129 Å². The zero-order valence-electron chi connectivity index (χ0n) is 35.8. The van der Waals surface area contributed by atoms with E-state index in [1.165, 1.54) is 77.0 Å². The number of hydrogen-bond acceptors (Lipinski definition) is 14. The zero-order chi connectivity index (χ0) is 42.4. The highest BCUT2D eigenvalue weighted by Gasteiger charge is 2.47. The number of carbonyl (C=O) groups is 1. The number of esters is 1. The number of carbonyl (C=O) groups excluding carboxylic acids is 1. The molecule has 0 amide bonds.